The molecule has 0 saturated heterocycles. The van der Waals surface area contributed by atoms with Crippen molar-refractivity contribution in [1.82, 2.24) is 0 Å². The van der Waals surface area contributed by atoms with E-state index < -0.39 is 34.6 Å². The maximum Gasteiger partial charge on any atom is 0.339 e. The second-order valence-corrected chi connectivity index (χ2v) is 6.83. The molecule has 0 heterocycles. The number of carbonyl (C=O) groups excluding carboxylic acids is 3. The Morgan fingerprint density at radius 2 is 1.53 bits per heavy atom. The molecule has 30 heavy (non-hydrogen) atoms. The molecule has 1 atom stereocenters. The number of non-ortho nitro benzene ring substituents is 1. The first-order valence-corrected chi connectivity index (χ1v) is 9.12. The van der Waals surface area contributed by atoms with Crippen molar-refractivity contribution in [3.8, 4) is 0 Å². The fraction of sp³-hybridized carbons (Fsp3) is 0.286. The Kier molecular flexibility index (Phi) is 7.24. The number of nitro groups is 1. The molecule has 0 fully saturated rings. The first-order valence-electron chi connectivity index (χ1n) is 9.12. The Hall–Kier alpha value is -3.75. The van der Waals surface area contributed by atoms with E-state index in [2.05, 4.69) is 23.9 Å². The van der Waals surface area contributed by atoms with Gasteiger partial charge in [-0.2, -0.15) is 0 Å². The van der Waals surface area contributed by atoms with Gasteiger partial charge in [-0.25, -0.2) is 9.59 Å². The summed E-state index contributed by atoms with van der Waals surface area (Å²) in [7, 11) is 1.11. The Morgan fingerprint density at radius 1 is 0.967 bits per heavy atom. The van der Waals surface area contributed by atoms with E-state index in [1.165, 1.54) is 6.92 Å². The summed E-state index contributed by atoms with van der Waals surface area (Å²) in [5, 5.41) is 13.7. The molecule has 0 aliphatic carbocycles. The topological polar surface area (TPSA) is 125 Å². The van der Waals surface area contributed by atoms with Gasteiger partial charge in [-0.15, -0.1) is 0 Å². The Morgan fingerprint density at radius 3 is 2.03 bits per heavy atom. The second kappa shape index (κ2) is 9.64. The van der Waals surface area contributed by atoms with E-state index in [1.807, 2.05) is 12.1 Å². The highest BCUT2D eigenvalue weighted by atomic mass is 16.6. The van der Waals surface area contributed by atoms with Gasteiger partial charge in [0.25, 0.3) is 11.6 Å². The lowest BCUT2D eigenvalue weighted by molar-refractivity contribution is -0.384. The zero-order chi connectivity index (χ0) is 22.4. The van der Waals surface area contributed by atoms with Crippen LogP contribution in [0.3, 0.4) is 0 Å². The molecule has 0 radical (unpaired) electrons. The molecule has 158 valence electrons. The summed E-state index contributed by atoms with van der Waals surface area (Å²) in [4.78, 5) is 46.7. The molecule has 0 saturated carbocycles. The molecule has 0 aliphatic rings. The van der Waals surface area contributed by atoms with Gasteiger partial charge in [-0.1, -0.05) is 26.0 Å². The molecule has 0 spiro atoms. The normalized spacial score (nSPS) is 11.5. The average molecular weight is 414 g/mol. The number of carbonyl (C=O) groups is 3. The van der Waals surface area contributed by atoms with Gasteiger partial charge in [0.2, 0.25) is 0 Å². The van der Waals surface area contributed by atoms with Crippen LogP contribution in [0.5, 0.6) is 0 Å². The number of esters is 2. The molecule has 1 N–H and O–H groups in total. The Bertz CT molecular complexity index is 968. The summed E-state index contributed by atoms with van der Waals surface area (Å²) in [5.41, 5.74) is 0.744. The van der Waals surface area contributed by atoms with Gasteiger partial charge in [0.05, 0.1) is 23.2 Å². The van der Waals surface area contributed by atoms with E-state index in [0.717, 1.165) is 30.9 Å². The van der Waals surface area contributed by atoms with Crippen LogP contribution >= 0.6 is 0 Å². The summed E-state index contributed by atoms with van der Waals surface area (Å²) in [5.74, 6) is -2.05. The molecule has 0 aliphatic heterocycles. The predicted molar refractivity (Wildman–Crippen MR) is 108 cm³/mol. The van der Waals surface area contributed by atoms with Crippen LogP contribution in [0.4, 0.5) is 11.4 Å². The van der Waals surface area contributed by atoms with Crippen LogP contribution in [-0.2, 0) is 14.3 Å². The number of hydrogen-bond donors (Lipinski definition) is 1. The SMILES string of the molecule is COC(=O)c1cc(C(=O)O[C@@H](C)C(=O)Nc2ccc(C(C)C)cc2)cc([N+](=O)[O-])c1. The number of ether oxygens (including phenoxy) is 2. The number of hydrogen-bond acceptors (Lipinski definition) is 7. The van der Waals surface area contributed by atoms with Crippen molar-refractivity contribution in [3.63, 3.8) is 0 Å². The van der Waals surface area contributed by atoms with Crippen molar-refractivity contribution >= 4 is 29.2 Å². The molecular weight excluding hydrogens is 392 g/mol. The minimum absolute atomic E-state index is 0.180. The van der Waals surface area contributed by atoms with Crippen molar-refractivity contribution < 1.29 is 28.8 Å². The summed E-state index contributed by atoms with van der Waals surface area (Å²) in [6.45, 7) is 5.47. The van der Waals surface area contributed by atoms with Crippen molar-refractivity contribution in [2.45, 2.75) is 32.8 Å². The molecule has 0 aromatic heterocycles. The van der Waals surface area contributed by atoms with Crippen LogP contribution in [0.1, 0.15) is 53.0 Å². The van der Waals surface area contributed by atoms with Crippen molar-refractivity contribution in [2.24, 2.45) is 0 Å². The minimum atomic E-state index is -1.18. The van der Waals surface area contributed by atoms with Crippen LogP contribution in [0.25, 0.3) is 0 Å². The van der Waals surface area contributed by atoms with Gasteiger partial charge >= 0.3 is 11.9 Å². The Labute approximate surface area is 173 Å². The van der Waals surface area contributed by atoms with Gasteiger partial charge in [-0.05, 0) is 36.6 Å². The summed E-state index contributed by atoms with van der Waals surface area (Å²) in [6.07, 6.45) is -1.18. The fourth-order valence-corrected chi connectivity index (χ4v) is 2.55. The molecular formula is C21H22N2O7. The smallest absolute Gasteiger partial charge is 0.339 e. The average Bonchev–Trinajstić information content (AvgIpc) is 2.72. The highest BCUT2D eigenvalue weighted by Crippen LogP contribution is 2.20. The van der Waals surface area contributed by atoms with Crippen LogP contribution in [-0.4, -0.2) is 36.0 Å². The van der Waals surface area contributed by atoms with E-state index in [4.69, 9.17) is 4.74 Å². The van der Waals surface area contributed by atoms with Gasteiger partial charge in [0.15, 0.2) is 6.10 Å². The molecule has 2 aromatic rings. The van der Waals surface area contributed by atoms with Crippen molar-refractivity contribution in [2.75, 3.05) is 12.4 Å². The van der Waals surface area contributed by atoms with E-state index >= 15 is 0 Å². The van der Waals surface area contributed by atoms with Crippen molar-refractivity contribution in [1.29, 1.82) is 0 Å². The fourth-order valence-electron chi connectivity index (χ4n) is 2.55. The lowest BCUT2D eigenvalue weighted by Crippen LogP contribution is -2.30. The zero-order valence-electron chi connectivity index (χ0n) is 17.0. The van der Waals surface area contributed by atoms with Crippen LogP contribution in [0, 0.1) is 10.1 Å². The quantitative estimate of drug-likeness (QED) is 0.416. The number of benzene rings is 2. The molecule has 0 unspecified atom stereocenters. The number of nitro benzene ring substituents is 1. The standard InChI is InChI=1S/C21H22N2O7/c1-12(2)14-5-7-17(8-6-14)22-19(24)13(3)30-21(26)16-9-15(20(25)29-4)10-18(11-16)23(27)28/h5-13H,1-4H3,(H,22,24)/t13-/m0/s1. The monoisotopic (exact) mass is 414 g/mol. The number of amides is 1. The molecule has 2 aromatic carbocycles. The van der Waals surface area contributed by atoms with E-state index in [1.54, 1.807) is 12.1 Å². The highest BCUT2D eigenvalue weighted by Gasteiger charge is 2.23. The van der Waals surface area contributed by atoms with Crippen LogP contribution in [0.2, 0.25) is 0 Å². The first-order chi connectivity index (χ1) is 14.1. The van der Waals surface area contributed by atoms with E-state index in [0.29, 0.717) is 11.6 Å². The lowest BCUT2D eigenvalue weighted by atomic mass is 10.0. The largest absolute Gasteiger partial charge is 0.465 e. The molecule has 2 rings (SSSR count). The first kappa shape index (κ1) is 22.5. The third kappa shape index (κ3) is 5.63. The predicted octanol–water partition coefficient (Wildman–Crippen LogP) is 3.69. The Balaban J connectivity index is 2.12. The summed E-state index contributed by atoms with van der Waals surface area (Å²) < 4.78 is 9.65. The van der Waals surface area contributed by atoms with Crippen LogP contribution in [0.15, 0.2) is 42.5 Å². The third-order valence-electron chi connectivity index (χ3n) is 4.28. The van der Waals surface area contributed by atoms with Gasteiger partial charge in [0, 0.05) is 17.8 Å². The third-order valence-corrected chi connectivity index (χ3v) is 4.28. The maximum absolute atomic E-state index is 12.4. The molecule has 0 bridgehead atoms. The number of methoxy groups -OCH3 is 1. The van der Waals surface area contributed by atoms with E-state index in [-0.39, 0.29) is 11.1 Å². The second-order valence-electron chi connectivity index (χ2n) is 6.83. The van der Waals surface area contributed by atoms with Gasteiger partial charge < -0.3 is 14.8 Å². The molecule has 9 nitrogen and oxygen atoms in total. The molecule has 1 amide bonds. The highest BCUT2D eigenvalue weighted by molar-refractivity contribution is 5.99. The van der Waals surface area contributed by atoms with Crippen LogP contribution < -0.4 is 5.32 Å². The number of nitrogens with zero attached hydrogens (tertiary/aromatic N) is 1. The number of rotatable bonds is 7. The van der Waals surface area contributed by atoms with Crippen molar-refractivity contribution in [3.05, 3.63) is 69.3 Å². The van der Waals surface area contributed by atoms with Gasteiger partial charge in [0.1, 0.15) is 0 Å². The minimum Gasteiger partial charge on any atom is -0.465 e. The van der Waals surface area contributed by atoms with Gasteiger partial charge in [-0.3, -0.25) is 14.9 Å². The summed E-state index contributed by atoms with van der Waals surface area (Å²) in [6, 6.07) is 10.3. The summed E-state index contributed by atoms with van der Waals surface area (Å²) >= 11 is 0. The maximum atomic E-state index is 12.4. The lowest BCUT2D eigenvalue weighted by Gasteiger charge is -2.14. The number of nitrogens with one attached hydrogen (secondary N) is 1. The molecule has 9 heteroatoms. The van der Waals surface area contributed by atoms with E-state index in [9.17, 15) is 24.5 Å². The number of anilines is 1. The zero-order valence-corrected chi connectivity index (χ0v) is 17.0.